The number of halogens is 4. The van der Waals surface area contributed by atoms with Gasteiger partial charge < -0.3 is 9.84 Å². The Labute approximate surface area is 115 Å². The van der Waals surface area contributed by atoms with Gasteiger partial charge in [0.05, 0.1) is 5.69 Å². The van der Waals surface area contributed by atoms with Crippen molar-refractivity contribution in [2.24, 2.45) is 0 Å². The summed E-state index contributed by atoms with van der Waals surface area (Å²) in [6.45, 7) is 0. The van der Waals surface area contributed by atoms with E-state index in [1.165, 1.54) is 18.2 Å². The highest BCUT2D eigenvalue weighted by Crippen LogP contribution is 2.26. The molecule has 2 aromatic rings. The average Bonchev–Trinajstić information content (AvgIpc) is 2.37. The van der Waals surface area contributed by atoms with Gasteiger partial charge in [0.25, 0.3) is 0 Å². The molecule has 0 aliphatic rings. The average molecular weight is 301 g/mol. The molecule has 0 saturated carbocycles. The summed E-state index contributed by atoms with van der Waals surface area (Å²) in [6, 6.07) is 6.89. The molecule has 0 aliphatic carbocycles. The van der Waals surface area contributed by atoms with Gasteiger partial charge in [0.2, 0.25) is 5.95 Å². The number of nitrogens with zero attached hydrogens (tertiary/aromatic N) is 1. The third-order valence-electron chi connectivity index (χ3n) is 2.46. The molecule has 2 rings (SSSR count). The Morgan fingerprint density at radius 2 is 1.71 bits per heavy atom. The Morgan fingerprint density at radius 1 is 1.10 bits per heavy atom. The van der Waals surface area contributed by atoms with Crippen LogP contribution in [0.4, 0.5) is 17.6 Å². The Morgan fingerprint density at radius 3 is 2.19 bits per heavy atom. The van der Waals surface area contributed by atoms with Crippen LogP contribution in [0.3, 0.4) is 0 Å². The molecule has 0 unspecified atom stereocenters. The lowest BCUT2D eigenvalue weighted by Crippen LogP contribution is -2.16. The van der Waals surface area contributed by atoms with Gasteiger partial charge in [0.15, 0.2) is 0 Å². The fraction of sp³-hybridized carbons (Fsp3) is 0.0769. The molecule has 8 heteroatoms. The summed E-state index contributed by atoms with van der Waals surface area (Å²) in [7, 11) is 0. The highest BCUT2D eigenvalue weighted by Gasteiger charge is 2.30. The number of ether oxygens (including phenoxy) is 1. The van der Waals surface area contributed by atoms with Gasteiger partial charge in [-0.05, 0) is 36.4 Å². The number of carbonyl (C=O) groups is 1. The largest absolute Gasteiger partial charge is 0.573 e. The van der Waals surface area contributed by atoms with Crippen LogP contribution in [0.25, 0.3) is 11.3 Å². The van der Waals surface area contributed by atoms with Crippen molar-refractivity contribution in [2.75, 3.05) is 0 Å². The maximum atomic E-state index is 13.4. The summed E-state index contributed by atoms with van der Waals surface area (Å²) < 4.78 is 53.1. The van der Waals surface area contributed by atoms with E-state index in [0.717, 1.165) is 18.2 Å². The van der Waals surface area contributed by atoms with E-state index < -0.39 is 29.6 Å². The molecule has 1 heterocycles. The summed E-state index contributed by atoms with van der Waals surface area (Å²) in [6.07, 6.45) is -4.80. The van der Waals surface area contributed by atoms with Crippen LogP contribution in [0.1, 0.15) is 10.4 Å². The number of rotatable bonds is 3. The van der Waals surface area contributed by atoms with Gasteiger partial charge in [-0.15, -0.1) is 13.2 Å². The molecule has 0 spiro atoms. The number of aromatic carboxylic acids is 1. The molecule has 0 bridgehead atoms. The molecule has 0 radical (unpaired) electrons. The lowest BCUT2D eigenvalue weighted by molar-refractivity contribution is -0.274. The number of pyridine rings is 1. The molecule has 0 amide bonds. The lowest BCUT2D eigenvalue weighted by atomic mass is 10.1. The minimum absolute atomic E-state index is 0.0936. The number of benzene rings is 1. The summed E-state index contributed by atoms with van der Waals surface area (Å²) in [5.74, 6) is -3.05. The van der Waals surface area contributed by atoms with Crippen molar-refractivity contribution >= 4 is 5.97 Å². The van der Waals surface area contributed by atoms with Crippen molar-refractivity contribution < 1.29 is 32.2 Å². The first-order chi connectivity index (χ1) is 9.76. The minimum Gasteiger partial charge on any atom is -0.478 e. The summed E-state index contributed by atoms with van der Waals surface area (Å²) in [5, 5.41) is 8.67. The molecule has 0 aliphatic heterocycles. The first kappa shape index (κ1) is 14.8. The smallest absolute Gasteiger partial charge is 0.478 e. The van der Waals surface area contributed by atoms with Crippen LogP contribution in [-0.4, -0.2) is 22.4 Å². The molecular weight excluding hydrogens is 294 g/mol. The summed E-state index contributed by atoms with van der Waals surface area (Å²) >= 11 is 0. The quantitative estimate of drug-likeness (QED) is 0.696. The van der Waals surface area contributed by atoms with Crippen molar-refractivity contribution in [1.29, 1.82) is 0 Å². The van der Waals surface area contributed by atoms with E-state index in [-0.39, 0.29) is 5.69 Å². The fourth-order valence-electron chi connectivity index (χ4n) is 1.58. The predicted molar refractivity (Wildman–Crippen MR) is 63.3 cm³/mol. The highest BCUT2D eigenvalue weighted by atomic mass is 19.4. The number of alkyl halides is 3. The fourth-order valence-corrected chi connectivity index (χ4v) is 1.58. The van der Waals surface area contributed by atoms with E-state index in [2.05, 4.69) is 9.72 Å². The Balaban J connectivity index is 2.27. The van der Waals surface area contributed by atoms with E-state index in [0.29, 0.717) is 5.56 Å². The molecule has 1 N–H and O–H groups in total. The monoisotopic (exact) mass is 301 g/mol. The van der Waals surface area contributed by atoms with E-state index in [9.17, 15) is 22.4 Å². The standard InChI is InChI=1S/C13H7F4NO3/c14-11-9(12(19)20)5-6-10(18-11)7-1-3-8(4-2-7)21-13(15,16)17/h1-6H,(H,19,20). The van der Waals surface area contributed by atoms with E-state index in [4.69, 9.17) is 5.11 Å². The van der Waals surface area contributed by atoms with Crippen LogP contribution in [0.15, 0.2) is 36.4 Å². The van der Waals surface area contributed by atoms with Crippen molar-refractivity contribution in [3.05, 3.63) is 47.9 Å². The van der Waals surface area contributed by atoms with E-state index >= 15 is 0 Å². The number of hydrogen-bond donors (Lipinski definition) is 1. The van der Waals surface area contributed by atoms with Crippen LogP contribution in [0.2, 0.25) is 0 Å². The van der Waals surface area contributed by atoms with Crippen molar-refractivity contribution in [1.82, 2.24) is 4.98 Å². The maximum absolute atomic E-state index is 13.4. The predicted octanol–water partition coefficient (Wildman–Crippen LogP) is 3.48. The van der Waals surface area contributed by atoms with Crippen LogP contribution in [0.5, 0.6) is 5.75 Å². The van der Waals surface area contributed by atoms with Gasteiger partial charge in [0, 0.05) is 5.56 Å². The number of carboxylic acid groups (broad SMARTS) is 1. The zero-order valence-electron chi connectivity index (χ0n) is 10.2. The molecule has 0 atom stereocenters. The number of carboxylic acids is 1. The van der Waals surface area contributed by atoms with Crippen molar-refractivity contribution in [3.8, 4) is 17.0 Å². The normalized spacial score (nSPS) is 11.2. The third kappa shape index (κ3) is 3.68. The van der Waals surface area contributed by atoms with Crippen LogP contribution >= 0.6 is 0 Å². The van der Waals surface area contributed by atoms with Gasteiger partial charge in [-0.3, -0.25) is 0 Å². The molecule has 0 saturated heterocycles. The maximum Gasteiger partial charge on any atom is 0.573 e. The summed E-state index contributed by atoms with van der Waals surface area (Å²) in [4.78, 5) is 14.1. The minimum atomic E-state index is -4.80. The second-order valence-electron chi connectivity index (χ2n) is 3.91. The zero-order chi connectivity index (χ0) is 15.6. The van der Waals surface area contributed by atoms with E-state index in [1.807, 2.05) is 0 Å². The topological polar surface area (TPSA) is 59.4 Å². The molecule has 21 heavy (non-hydrogen) atoms. The Bertz CT molecular complexity index is 668. The first-order valence-corrected chi connectivity index (χ1v) is 5.52. The Hall–Kier alpha value is -2.64. The SMILES string of the molecule is O=C(O)c1ccc(-c2ccc(OC(F)(F)F)cc2)nc1F. The van der Waals surface area contributed by atoms with Crippen molar-refractivity contribution in [3.63, 3.8) is 0 Å². The highest BCUT2D eigenvalue weighted by molar-refractivity contribution is 5.87. The van der Waals surface area contributed by atoms with Gasteiger partial charge in [0.1, 0.15) is 11.3 Å². The van der Waals surface area contributed by atoms with Crippen LogP contribution < -0.4 is 4.74 Å². The number of hydrogen-bond acceptors (Lipinski definition) is 3. The van der Waals surface area contributed by atoms with Crippen molar-refractivity contribution in [2.45, 2.75) is 6.36 Å². The van der Waals surface area contributed by atoms with Gasteiger partial charge in [-0.2, -0.15) is 4.39 Å². The molecule has 1 aromatic heterocycles. The van der Waals surface area contributed by atoms with Crippen LogP contribution in [-0.2, 0) is 0 Å². The number of aromatic nitrogens is 1. The van der Waals surface area contributed by atoms with Gasteiger partial charge in [-0.1, -0.05) is 0 Å². The molecule has 110 valence electrons. The van der Waals surface area contributed by atoms with Gasteiger partial charge >= 0.3 is 12.3 Å². The Kier molecular flexibility index (Phi) is 3.79. The summed E-state index contributed by atoms with van der Waals surface area (Å²) in [5.41, 5.74) is -0.174. The lowest BCUT2D eigenvalue weighted by Gasteiger charge is -2.09. The van der Waals surface area contributed by atoms with E-state index in [1.54, 1.807) is 0 Å². The molecule has 0 fully saturated rings. The first-order valence-electron chi connectivity index (χ1n) is 5.52. The van der Waals surface area contributed by atoms with Crippen LogP contribution in [0, 0.1) is 5.95 Å². The second-order valence-corrected chi connectivity index (χ2v) is 3.91. The molecular formula is C13H7F4NO3. The van der Waals surface area contributed by atoms with Gasteiger partial charge in [-0.25, -0.2) is 9.78 Å². The third-order valence-corrected chi connectivity index (χ3v) is 2.46. The molecule has 4 nitrogen and oxygen atoms in total. The molecule has 1 aromatic carbocycles. The zero-order valence-corrected chi connectivity index (χ0v) is 10.2. The second kappa shape index (κ2) is 5.39.